The van der Waals surface area contributed by atoms with E-state index in [1.807, 2.05) is 4.72 Å². The number of hydrogen-bond acceptors (Lipinski definition) is 4. The first-order valence-electron chi connectivity index (χ1n) is 2.77. The largest absolute Gasteiger partial charge is 0.755 e. The zero-order valence-corrected chi connectivity index (χ0v) is 6.94. The Morgan fingerprint density at radius 2 is 2.27 bits per heavy atom. The summed E-state index contributed by atoms with van der Waals surface area (Å²) in [7, 11) is 0. The molecule has 0 aliphatic carbocycles. The Labute approximate surface area is 66.8 Å². The molecule has 5 nitrogen and oxygen atoms in total. The first-order chi connectivity index (χ1) is 5.06. The summed E-state index contributed by atoms with van der Waals surface area (Å²) >= 11 is -2.46. The Morgan fingerprint density at radius 1 is 1.73 bits per heavy atom. The highest BCUT2D eigenvalue weighted by atomic mass is 32.2. The van der Waals surface area contributed by atoms with E-state index in [1.165, 1.54) is 19.9 Å². The van der Waals surface area contributed by atoms with Crippen LogP contribution in [0.2, 0.25) is 0 Å². The van der Waals surface area contributed by atoms with Crippen LogP contribution in [0.4, 0.5) is 0 Å². The molecular weight excluding hydrogens is 170 g/mol. The van der Waals surface area contributed by atoms with E-state index in [1.54, 1.807) is 0 Å². The lowest BCUT2D eigenvalue weighted by molar-refractivity contribution is -0.137. The van der Waals surface area contributed by atoms with E-state index in [0.29, 0.717) is 0 Å². The van der Waals surface area contributed by atoms with Gasteiger partial charge in [0.15, 0.2) is 0 Å². The fourth-order valence-corrected chi connectivity index (χ4v) is 0.699. The topological polar surface area (TPSA) is 78.5 Å². The van der Waals surface area contributed by atoms with Gasteiger partial charge >= 0.3 is 5.97 Å². The van der Waals surface area contributed by atoms with Crippen molar-refractivity contribution in [2.45, 2.75) is 13.8 Å². The van der Waals surface area contributed by atoms with Crippen LogP contribution in [0.1, 0.15) is 13.8 Å². The fourth-order valence-electron chi connectivity index (χ4n) is 0.376. The van der Waals surface area contributed by atoms with Crippen molar-refractivity contribution in [3.05, 3.63) is 12.0 Å². The van der Waals surface area contributed by atoms with Gasteiger partial charge in [-0.05, 0) is 13.0 Å². The predicted molar refractivity (Wildman–Crippen MR) is 37.6 cm³/mol. The van der Waals surface area contributed by atoms with E-state index in [2.05, 4.69) is 4.74 Å². The zero-order valence-electron chi connectivity index (χ0n) is 6.12. The van der Waals surface area contributed by atoms with Crippen molar-refractivity contribution in [3.8, 4) is 0 Å². The minimum absolute atomic E-state index is 0.0918. The van der Waals surface area contributed by atoms with Gasteiger partial charge in [-0.3, -0.25) is 13.7 Å². The van der Waals surface area contributed by atoms with E-state index in [4.69, 9.17) is 0 Å². The maximum Gasteiger partial charge on any atom is 0.309 e. The third-order valence-corrected chi connectivity index (χ3v) is 1.07. The summed E-state index contributed by atoms with van der Waals surface area (Å²) in [6.07, 6.45) is 1.33. The lowest BCUT2D eigenvalue weighted by Gasteiger charge is -2.10. The number of hydrogen-bond donors (Lipinski definition) is 1. The number of ether oxygens (including phenoxy) is 1. The molecular formula is C5H8NO4S-. The molecule has 0 amide bonds. The van der Waals surface area contributed by atoms with Crippen molar-refractivity contribution in [2.75, 3.05) is 0 Å². The third kappa shape index (κ3) is 5.56. The van der Waals surface area contributed by atoms with Crippen LogP contribution in [0.25, 0.3) is 0 Å². The fraction of sp³-hybridized carbons (Fsp3) is 0.400. The number of esters is 1. The first-order valence-corrected chi connectivity index (χ1v) is 3.84. The zero-order chi connectivity index (χ0) is 8.85. The maximum absolute atomic E-state index is 10.3. The molecule has 0 heterocycles. The second kappa shape index (κ2) is 4.86. The van der Waals surface area contributed by atoms with Gasteiger partial charge in [-0.2, -0.15) is 0 Å². The number of carbonyl (C=O) groups is 1. The first kappa shape index (κ1) is 10.1. The van der Waals surface area contributed by atoms with Crippen molar-refractivity contribution < 1.29 is 18.3 Å². The summed E-state index contributed by atoms with van der Waals surface area (Å²) < 4.78 is 26.3. The highest BCUT2D eigenvalue weighted by molar-refractivity contribution is 7.77. The van der Waals surface area contributed by atoms with Crippen molar-refractivity contribution >= 4 is 17.2 Å². The third-order valence-electron chi connectivity index (χ3n) is 0.700. The molecule has 0 rings (SSSR count). The molecule has 1 unspecified atom stereocenters. The van der Waals surface area contributed by atoms with Crippen LogP contribution in [-0.2, 0) is 20.8 Å². The lowest BCUT2D eigenvalue weighted by Crippen LogP contribution is -2.19. The average Bonchev–Trinajstić information content (AvgIpc) is 1.84. The second-order valence-electron chi connectivity index (χ2n) is 1.58. The van der Waals surface area contributed by atoms with Gasteiger partial charge < -0.3 is 9.29 Å². The Bertz CT molecular complexity index is 183. The molecule has 0 aromatic rings. The molecule has 0 aromatic carbocycles. The van der Waals surface area contributed by atoms with Crippen LogP contribution in [-0.4, -0.2) is 14.7 Å². The molecule has 0 bridgehead atoms. The lowest BCUT2D eigenvalue weighted by atomic mass is 10.6. The molecule has 11 heavy (non-hydrogen) atoms. The molecule has 64 valence electrons. The Morgan fingerprint density at radius 3 is 2.55 bits per heavy atom. The predicted octanol–water partition coefficient (Wildman–Crippen LogP) is -0.206. The Hall–Kier alpha value is -0.880. The van der Waals surface area contributed by atoms with Gasteiger partial charge in [-0.15, -0.1) is 0 Å². The van der Waals surface area contributed by atoms with Crippen LogP contribution in [0.15, 0.2) is 12.0 Å². The van der Waals surface area contributed by atoms with Gasteiger partial charge in [0.05, 0.1) is 0 Å². The van der Waals surface area contributed by atoms with Gasteiger partial charge in [0, 0.05) is 18.2 Å². The molecule has 1 N–H and O–H groups in total. The monoisotopic (exact) mass is 178 g/mol. The van der Waals surface area contributed by atoms with E-state index in [9.17, 15) is 13.6 Å². The van der Waals surface area contributed by atoms with Gasteiger partial charge in [0.1, 0.15) is 0 Å². The summed E-state index contributed by atoms with van der Waals surface area (Å²) in [6, 6.07) is 0. The number of rotatable bonds is 3. The highest BCUT2D eigenvalue weighted by Crippen LogP contribution is 1.92. The SMILES string of the molecule is CC=C(NS(=O)[O-])OC(C)=O. The van der Waals surface area contributed by atoms with Crippen molar-refractivity contribution in [3.63, 3.8) is 0 Å². The highest BCUT2D eigenvalue weighted by Gasteiger charge is 1.98. The summed E-state index contributed by atoms with van der Waals surface area (Å²) in [5.74, 6) is -0.665. The Balaban J connectivity index is 3.99. The van der Waals surface area contributed by atoms with Crippen molar-refractivity contribution in [2.24, 2.45) is 0 Å². The van der Waals surface area contributed by atoms with Crippen LogP contribution >= 0.6 is 0 Å². The second-order valence-corrected chi connectivity index (χ2v) is 2.26. The molecule has 0 saturated carbocycles. The quantitative estimate of drug-likeness (QED) is 0.368. The van der Waals surface area contributed by atoms with E-state index in [-0.39, 0.29) is 5.88 Å². The van der Waals surface area contributed by atoms with E-state index >= 15 is 0 Å². The van der Waals surface area contributed by atoms with Gasteiger partial charge in [0.2, 0.25) is 5.88 Å². The summed E-state index contributed by atoms with van der Waals surface area (Å²) in [4.78, 5) is 10.3. The standard InChI is InChI=1S/C5H9NO4S/c1-3-5(6-11(8)9)10-4(2)7/h3,6H,1-2H3,(H,8,9)/p-1. The van der Waals surface area contributed by atoms with Crippen LogP contribution in [0, 0.1) is 0 Å². The van der Waals surface area contributed by atoms with E-state index < -0.39 is 17.2 Å². The molecule has 0 fully saturated rings. The minimum atomic E-state index is -2.46. The van der Waals surface area contributed by atoms with Gasteiger partial charge in [0.25, 0.3) is 0 Å². The minimum Gasteiger partial charge on any atom is -0.755 e. The molecule has 0 spiro atoms. The van der Waals surface area contributed by atoms with Crippen LogP contribution < -0.4 is 4.72 Å². The molecule has 0 aromatic heterocycles. The summed E-state index contributed by atoms with van der Waals surface area (Å²) in [5, 5.41) is 0. The molecule has 0 radical (unpaired) electrons. The number of carbonyl (C=O) groups excluding carboxylic acids is 1. The average molecular weight is 178 g/mol. The molecule has 0 aliphatic rings. The molecule has 1 atom stereocenters. The summed E-state index contributed by atoms with van der Waals surface area (Å²) in [5.41, 5.74) is 0. The Kier molecular flexibility index (Phi) is 4.47. The summed E-state index contributed by atoms with van der Waals surface area (Å²) in [6.45, 7) is 2.72. The van der Waals surface area contributed by atoms with Gasteiger partial charge in [-0.25, -0.2) is 0 Å². The normalized spacial score (nSPS) is 13.9. The molecule has 0 saturated heterocycles. The maximum atomic E-state index is 10.3. The van der Waals surface area contributed by atoms with E-state index in [0.717, 1.165) is 0 Å². The molecule has 0 aliphatic heterocycles. The smallest absolute Gasteiger partial charge is 0.309 e. The van der Waals surface area contributed by atoms with Gasteiger partial charge in [-0.1, -0.05) is 0 Å². The van der Waals surface area contributed by atoms with Crippen LogP contribution in [0.5, 0.6) is 0 Å². The van der Waals surface area contributed by atoms with Crippen LogP contribution in [0.3, 0.4) is 0 Å². The molecule has 6 heteroatoms. The number of allylic oxidation sites excluding steroid dienone is 1. The van der Waals surface area contributed by atoms with Crippen molar-refractivity contribution in [1.82, 2.24) is 4.72 Å². The van der Waals surface area contributed by atoms with Crippen molar-refractivity contribution in [1.29, 1.82) is 0 Å². The number of nitrogens with one attached hydrogen (secondary N) is 1.